The van der Waals surface area contributed by atoms with Crippen molar-refractivity contribution in [3.8, 4) is 0 Å². The first-order chi connectivity index (χ1) is 15.5. The van der Waals surface area contributed by atoms with E-state index in [1.54, 1.807) is 17.6 Å². The van der Waals surface area contributed by atoms with Crippen LogP contribution < -0.4 is 5.32 Å². The Morgan fingerprint density at radius 2 is 2.09 bits per heavy atom. The molecule has 9 heteroatoms. The number of nitrogens with one attached hydrogen (secondary N) is 1. The number of pyridine rings is 1. The van der Waals surface area contributed by atoms with Crippen molar-refractivity contribution < 1.29 is 9.21 Å². The molecule has 0 saturated carbocycles. The molecular formula is C23H24N4O2S3. The van der Waals surface area contributed by atoms with Crippen LogP contribution in [0.5, 0.6) is 0 Å². The lowest BCUT2D eigenvalue weighted by molar-refractivity contribution is -0.118. The molecule has 32 heavy (non-hydrogen) atoms. The van der Waals surface area contributed by atoms with Gasteiger partial charge in [0, 0.05) is 11.1 Å². The van der Waals surface area contributed by atoms with Gasteiger partial charge in [0.1, 0.15) is 15.6 Å². The molecule has 0 radical (unpaired) electrons. The Labute approximate surface area is 199 Å². The number of thiophene rings is 1. The highest BCUT2D eigenvalue weighted by atomic mass is 32.2. The maximum atomic E-state index is 12.4. The number of fused-ring (bicyclic) bond motifs is 5. The van der Waals surface area contributed by atoms with Crippen LogP contribution in [0.25, 0.3) is 20.4 Å². The molecule has 6 nitrogen and oxygen atoms in total. The summed E-state index contributed by atoms with van der Waals surface area (Å²) in [6.45, 7) is 4.82. The van der Waals surface area contributed by atoms with E-state index in [1.165, 1.54) is 52.2 Å². The van der Waals surface area contributed by atoms with Crippen LogP contribution in [0.15, 0.2) is 33.0 Å². The fraction of sp³-hybridized carbons (Fsp3) is 0.391. The van der Waals surface area contributed by atoms with Crippen molar-refractivity contribution in [2.24, 2.45) is 0 Å². The summed E-state index contributed by atoms with van der Waals surface area (Å²) in [4.78, 5) is 28.2. The van der Waals surface area contributed by atoms with Gasteiger partial charge in [0.25, 0.3) is 0 Å². The number of thioether (sulfide) groups is 2. The molecule has 4 heterocycles. The second-order valence-corrected chi connectivity index (χ2v) is 10.8. The summed E-state index contributed by atoms with van der Waals surface area (Å²) in [5.74, 6) is 1.38. The van der Waals surface area contributed by atoms with Gasteiger partial charge in [-0.25, -0.2) is 15.0 Å². The number of rotatable bonds is 7. The largest absolute Gasteiger partial charge is 0.467 e. The predicted octanol–water partition coefficient (Wildman–Crippen LogP) is 5.58. The van der Waals surface area contributed by atoms with Gasteiger partial charge in [-0.15, -0.1) is 11.3 Å². The van der Waals surface area contributed by atoms with Gasteiger partial charge >= 0.3 is 0 Å². The highest BCUT2D eigenvalue weighted by Crippen LogP contribution is 2.43. The van der Waals surface area contributed by atoms with E-state index in [4.69, 9.17) is 19.4 Å². The lowest BCUT2D eigenvalue weighted by Crippen LogP contribution is -2.24. The van der Waals surface area contributed by atoms with Crippen LogP contribution >= 0.6 is 34.9 Å². The molecule has 1 aliphatic rings. The zero-order valence-corrected chi connectivity index (χ0v) is 20.7. The maximum absolute atomic E-state index is 12.4. The van der Waals surface area contributed by atoms with Crippen molar-refractivity contribution in [3.05, 3.63) is 41.0 Å². The monoisotopic (exact) mass is 484 g/mol. The molecule has 4 aromatic heterocycles. The van der Waals surface area contributed by atoms with E-state index < -0.39 is 0 Å². The number of aromatic nitrogens is 3. The quantitative estimate of drug-likeness (QED) is 0.208. The molecule has 0 fully saturated rings. The Kier molecular flexibility index (Phi) is 6.14. The SMILES string of the molecule is CSc1nc(SCC(=O)NCc2ccco2)c2sc3nc(C(C)C)c4c(c3c2n1)CCC4. The minimum atomic E-state index is -0.0499. The molecule has 0 aliphatic heterocycles. The third-order valence-corrected chi connectivity index (χ3v) is 8.36. The van der Waals surface area contributed by atoms with Crippen LogP contribution in [0.1, 0.15) is 48.8 Å². The predicted molar refractivity (Wildman–Crippen MR) is 132 cm³/mol. The first-order valence-corrected chi connectivity index (χ1v) is 13.7. The van der Waals surface area contributed by atoms with Gasteiger partial charge in [0.15, 0.2) is 5.16 Å². The van der Waals surface area contributed by atoms with Crippen LogP contribution in [0, 0.1) is 0 Å². The first kappa shape index (κ1) is 21.7. The number of carbonyl (C=O) groups excluding carboxylic acids is 1. The summed E-state index contributed by atoms with van der Waals surface area (Å²) in [5, 5.41) is 5.69. The van der Waals surface area contributed by atoms with Crippen molar-refractivity contribution in [1.82, 2.24) is 20.3 Å². The Bertz CT molecular complexity index is 1300. The molecule has 5 rings (SSSR count). The molecule has 0 atom stereocenters. The molecule has 0 bridgehead atoms. The van der Waals surface area contributed by atoms with Crippen LogP contribution in [-0.4, -0.2) is 32.9 Å². The molecule has 1 amide bonds. The first-order valence-electron chi connectivity index (χ1n) is 10.7. The summed E-state index contributed by atoms with van der Waals surface area (Å²) in [6.07, 6.45) is 6.94. The van der Waals surface area contributed by atoms with Gasteiger partial charge in [0.2, 0.25) is 5.91 Å². The second-order valence-electron chi connectivity index (χ2n) is 8.08. The molecular weight excluding hydrogens is 460 g/mol. The van der Waals surface area contributed by atoms with E-state index in [9.17, 15) is 4.79 Å². The zero-order valence-electron chi connectivity index (χ0n) is 18.2. The van der Waals surface area contributed by atoms with Gasteiger partial charge < -0.3 is 9.73 Å². The Morgan fingerprint density at radius 3 is 2.84 bits per heavy atom. The van der Waals surface area contributed by atoms with E-state index in [1.807, 2.05) is 18.4 Å². The van der Waals surface area contributed by atoms with Gasteiger partial charge in [-0.05, 0) is 54.7 Å². The highest BCUT2D eigenvalue weighted by Gasteiger charge is 2.26. The van der Waals surface area contributed by atoms with Crippen LogP contribution in [0.2, 0.25) is 0 Å². The van der Waals surface area contributed by atoms with E-state index in [2.05, 4.69) is 19.2 Å². The van der Waals surface area contributed by atoms with Gasteiger partial charge in [-0.1, -0.05) is 37.4 Å². The second kappa shape index (κ2) is 9.03. The lowest BCUT2D eigenvalue weighted by Gasteiger charge is -2.12. The highest BCUT2D eigenvalue weighted by molar-refractivity contribution is 8.00. The van der Waals surface area contributed by atoms with E-state index >= 15 is 0 Å². The molecule has 0 aromatic carbocycles. The summed E-state index contributed by atoms with van der Waals surface area (Å²) in [7, 11) is 0. The number of hydrogen-bond acceptors (Lipinski definition) is 8. The number of carbonyl (C=O) groups is 1. The topological polar surface area (TPSA) is 80.9 Å². The molecule has 0 saturated heterocycles. The molecule has 166 valence electrons. The maximum Gasteiger partial charge on any atom is 0.230 e. The molecule has 0 unspecified atom stereocenters. The van der Waals surface area contributed by atoms with Crippen molar-refractivity contribution in [1.29, 1.82) is 0 Å². The molecule has 4 aromatic rings. The molecule has 1 aliphatic carbocycles. The molecule has 0 spiro atoms. The number of aryl methyl sites for hydroxylation is 1. The Hall–Kier alpha value is -2.10. The fourth-order valence-corrected chi connectivity index (χ4v) is 6.71. The van der Waals surface area contributed by atoms with Crippen molar-refractivity contribution in [2.75, 3.05) is 12.0 Å². The summed E-state index contributed by atoms with van der Waals surface area (Å²) in [5.41, 5.74) is 5.05. The summed E-state index contributed by atoms with van der Waals surface area (Å²) >= 11 is 4.64. The lowest BCUT2D eigenvalue weighted by atomic mass is 9.99. The van der Waals surface area contributed by atoms with Crippen molar-refractivity contribution >= 4 is 61.2 Å². The van der Waals surface area contributed by atoms with E-state index in [-0.39, 0.29) is 11.7 Å². The van der Waals surface area contributed by atoms with Gasteiger partial charge in [-0.3, -0.25) is 4.79 Å². The molecule has 1 N–H and O–H groups in total. The minimum absolute atomic E-state index is 0.0499. The van der Waals surface area contributed by atoms with Crippen molar-refractivity contribution in [2.45, 2.75) is 55.8 Å². The average Bonchev–Trinajstić information content (AvgIpc) is 3.54. The van der Waals surface area contributed by atoms with Crippen LogP contribution in [0.4, 0.5) is 0 Å². The normalized spacial score (nSPS) is 13.4. The Balaban J connectivity index is 1.51. The summed E-state index contributed by atoms with van der Waals surface area (Å²) in [6, 6.07) is 3.66. The minimum Gasteiger partial charge on any atom is -0.467 e. The third-order valence-electron chi connectivity index (χ3n) is 5.62. The zero-order chi connectivity index (χ0) is 22.2. The summed E-state index contributed by atoms with van der Waals surface area (Å²) < 4.78 is 6.31. The van der Waals surface area contributed by atoms with Crippen molar-refractivity contribution in [3.63, 3.8) is 0 Å². The van der Waals surface area contributed by atoms with E-state index in [0.717, 1.165) is 43.8 Å². The third kappa shape index (κ3) is 4.02. The van der Waals surface area contributed by atoms with Crippen LogP contribution in [-0.2, 0) is 24.2 Å². The number of nitrogens with zero attached hydrogens (tertiary/aromatic N) is 3. The number of amides is 1. The fourth-order valence-electron chi connectivity index (χ4n) is 4.20. The Morgan fingerprint density at radius 1 is 1.25 bits per heavy atom. The van der Waals surface area contributed by atoms with E-state index in [0.29, 0.717) is 12.5 Å². The number of hydrogen-bond donors (Lipinski definition) is 1. The van der Waals surface area contributed by atoms with Gasteiger partial charge in [-0.2, -0.15) is 0 Å². The van der Waals surface area contributed by atoms with Crippen LogP contribution in [0.3, 0.4) is 0 Å². The smallest absolute Gasteiger partial charge is 0.230 e. The number of furan rings is 1. The van der Waals surface area contributed by atoms with Gasteiger partial charge in [0.05, 0.1) is 28.8 Å². The standard InChI is InChI=1S/C23H24N4O2S3/c1-12(2)18-15-8-4-7-14(15)17-19-20(32-21(17)25-18)22(27-23(26-19)30-3)31-11-16(28)24-10-13-6-5-9-29-13/h5-6,9,12H,4,7-8,10-11H2,1-3H3,(H,24,28). The average molecular weight is 485 g/mol.